The minimum atomic E-state index is -0.860. The molecule has 0 fully saturated rings. The van der Waals surface area contributed by atoms with Gasteiger partial charge in [-0.3, -0.25) is 4.79 Å². The number of aliphatic hydroxyl groups excluding tert-OH is 2. The van der Waals surface area contributed by atoms with Gasteiger partial charge in [-0.1, -0.05) is 275 Å². The van der Waals surface area contributed by atoms with Crippen LogP contribution < -0.4 is 5.32 Å². The van der Waals surface area contributed by atoms with Gasteiger partial charge in [0.05, 0.1) is 18.8 Å². The lowest BCUT2D eigenvalue weighted by atomic mass is 10.0. The second-order valence-corrected chi connectivity index (χ2v) is 19.0. The highest BCUT2D eigenvalue weighted by molar-refractivity contribution is 5.76. The third kappa shape index (κ3) is 49.5. The Morgan fingerprint density at radius 1 is 0.377 bits per heavy atom. The normalized spacial score (nSPS) is 13.0. The molecule has 0 aliphatic heterocycles. The van der Waals surface area contributed by atoms with Crippen molar-refractivity contribution in [1.82, 2.24) is 5.32 Å². The van der Waals surface area contributed by atoms with Gasteiger partial charge in [-0.15, -0.1) is 0 Å². The second-order valence-electron chi connectivity index (χ2n) is 19.0. The Morgan fingerprint density at radius 3 is 0.951 bits per heavy atom. The summed E-state index contributed by atoms with van der Waals surface area (Å²) >= 11 is 0. The van der Waals surface area contributed by atoms with Crippen molar-refractivity contribution in [2.24, 2.45) is 0 Å². The van der Waals surface area contributed by atoms with Crippen molar-refractivity contribution in [3.8, 4) is 0 Å². The molecule has 0 rings (SSSR count). The summed E-state index contributed by atoms with van der Waals surface area (Å²) in [5, 5.41) is 23.1. The molecule has 3 N–H and O–H groups in total. The molecule has 0 aliphatic carbocycles. The van der Waals surface area contributed by atoms with Crippen LogP contribution in [0.15, 0.2) is 36.5 Å². The Labute approximate surface area is 382 Å². The van der Waals surface area contributed by atoms with Crippen LogP contribution in [0.1, 0.15) is 303 Å². The van der Waals surface area contributed by atoms with Crippen LogP contribution in [-0.2, 0) is 4.79 Å². The number of allylic oxidation sites excluding steroid dienone is 5. The number of carbonyl (C=O) groups excluding carboxylic acids is 1. The third-order valence-electron chi connectivity index (χ3n) is 12.8. The van der Waals surface area contributed by atoms with E-state index < -0.39 is 12.1 Å². The predicted molar refractivity (Wildman–Crippen MR) is 272 cm³/mol. The van der Waals surface area contributed by atoms with E-state index in [2.05, 4.69) is 43.5 Å². The lowest BCUT2D eigenvalue weighted by Gasteiger charge is -2.19. The molecule has 0 aliphatic rings. The first-order valence-electron chi connectivity index (χ1n) is 27.7. The molecule has 0 heterocycles. The fourth-order valence-corrected chi connectivity index (χ4v) is 8.60. The SMILES string of the molecule is CCCCCCCCCCCC/C=C/CC/C=C/C(O)C(CO)NC(=O)CCCCCCCCCCCCCCCCCCC/C=C\CCCCCCCCCCCCCC. The van der Waals surface area contributed by atoms with E-state index in [-0.39, 0.29) is 12.5 Å². The largest absolute Gasteiger partial charge is 0.394 e. The molecule has 0 aromatic carbocycles. The van der Waals surface area contributed by atoms with Crippen molar-refractivity contribution < 1.29 is 15.0 Å². The first-order valence-corrected chi connectivity index (χ1v) is 27.7. The lowest BCUT2D eigenvalue weighted by Crippen LogP contribution is -2.45. The van der Waals surface area contributed by atoms with Crippen molar-refractivity contribution >= 4 is 5.91 Å². The second kappa shape index (κ2) is 53.0. The van der Waals surface area contributed by atoms with E-state index in [0.29, 0.717) is 6.42 Å². The van der Waals surface area contributed by atoms with Gasteiger partial charge < -0.3 is 15.5 Å². The van der Waals surface area contributed by atoms with E-state index in [4.69, 9.17) is 0 Å². The van der Waals surface area contributed by atoms with Gasteiger partial charge in [-0.05, 0) is 57.8 Å². The highest BCUT2D eigenvalue weighted by Crippen LogP contribution is 2.17. The Kier molecular flexibility index (Phi) is 51.7. The van der Waals surface area contributed by atoms with Crippen LogP contribution in [0, 0.1) is 0 Å². The molecule has 2 unspecified atom stereocenters. The van der Waals surface area contributed by atoms with Crippen LogP contribution in [0.25, 0.3) is 0 Å². The van der Waals surface area contributed by atoms with Crippen LogP contribution in [0.5, 0.6) is 0 Å². The first kappa shape index (κ1) is 59.6. The Hall–Kier alpha value is -1.39. The van der Waals surface area contributed by atoms with Crippen LogP contribution in [0.4, 0.5) is 0 Å². The summed E-state index contributed by atoms with van der Waals surface area (Å²) in [5.41, 5.74) is 0. The predicted octanol–water partition coefficient (Wildman–Crippen LogP) is 18.1. The summed E-state index contributed by atoms with van der Waals surface area (Å²) in [4.78, 5) is 12.4. The average molecular weight is 857 g/mol. The molecular formula is C57H109NO3. The fraction of sp³-hybridized carbons (Fsp3) is 0.877. The Balaban J connectivity index is 3.45. The molecule has 0 saturated carbocycles. The van der Waals surface area contributed by atoms with E-state index in [9.17, 15) is 15.0 Å². The van der Waals surface area contributed by atoms with Gasteiger partial charge in [0.15, 0.2) is 0 Å². The number of hydrogen-bond donors (Lipinski definition) is 3. The van der Waals surface area contributed by atoms with E-state index in [1.807, 2.05) is 6.08 Å². The van der Waals surface area contributed by atoms with Gasteiger partial charge in [-0.25, -0.2) is 0 Å². The van der Waals surface area contributed by atoms with E-state index >= 15 is 0 Å². The zero-order valence-corrected chi connectivity index (χ0v) is 41.4. The number of amides is 1. The number of hydrogen-bond acceptors (Lipinski definition) is 3. The molecule has 61 heavy (non-hydrogen) atoms. The van der Waals surface area contributed by atoms with Gasteiger partial charge in [0.2, 0.25) is 5.91 Å². The molecule has 0 aromatic heterocycles. The van der Waals surface area contributed by atoms with Crippen molar-refractivity contribution in [2.45, 2.75) is 315 Å². The summed E-state index contributed by atoms with van der Waals surface area (Å²) < 4.78 is 0. The Bertz CT molecular complexity index is 928. The quantitative estimate of drug-likeness (QED) is 0.0422. The molecule has 0 saturated heterocycles. The monoisotopic (exact) mass is 856 g/mol. The van der Waals surface area contributed by atoms with Crippen LogP contribution in [0.2, 0.25) is 0 Å². The number of rotatable bonds is 51. The zero-order chi connectivity index (χ0) is 44.2. The van der Waals surface area contributed by atoms with Crippen molar-refractivity contribution in [3.63, 3.8) is 0 Å². The molecule has 4 nitrogen and oxygen atoms in total. The molecular weight excluding hydrogens is 747 g/mol. The smallest absolute Gasteiger partial charge is 0.220 e. The molecule has 0 radical (unpaired) electrons. The highest BCUT2D eigenvalue weighted by Gasteiger charge is 2.18. The van der Waals surface area contributed by atoms with Crippen LogP contribution >= 0.6 is 0 Å². The number of unbranched alkanes of at least 4 members (excludes halogenated alkanes) is 40. The minimum absolute atomic E-state index is 0.0696. The van der Waals surface area contributed by atoms with Gasteiger partial charge >= 0.3 is 0 Å². The number of nitrogens with one attached hydrogen (secondary N) is 1. The van der Waals surface area contributed by atoms with E-state index in [0.717, 1.165) is 32.1 Å². The number of aliphatic hydroxyl groups is 2. The summed E-state index contributed by atoms with van der Waals surface area (Å²) in [6, 6.07) is -0.637. The van der Waals surface area contributed by atoms with E-state index in [1.54, 1.807) is 6.08 Å². The summed E-state index contributed by atoms with van der Waals surface area (Å²) in [5.74, 6) is -0.0696. The van der Waals surface area contributed by atoms with Gasteiger partial charge in [0.25, 0.3) is 0 Å². The third-order valence-corrected chi connectivity index (χ3v) is 12.8. The lowest BCUT2D eigenvalue weighted by molar-refractivity contribution is -0.123. The summed E-state index contributed by atoms with van der Waals surface area (Å²) in [6.45, 7) is 4.32. The first-order chi connectivity index (χ1) is 30.2. The topological polar surface area (TPSA) is 69.6 Å². The zero-order valence-electron chi connectivity index (χ0n) is 41.4. The highest BCUT2D eigenvalue weighted by atomic mass is 16.3. The molecule has 1 amide bonds. The van der Waals surface area contributed by atoms with Crippen LogP contribution in [-0.4, -0.2) is 34.9 Å². The van der Waals surface area contributed by atoms with Gasteiger partial charge in [-0.2, -0.15) is 0 Å². The fourth-order valence-electron chi connectivity index (χ4n) is 8.60. The number of carbonyl (C=O) groups is 1. The maximum Gasteiger partial charge on any atom is 0.220 e. The molecule has 4 heteroatoms. The molecule has 0 spiro atoms. The average Bonchev–Trinajstić information content (AvgIpc) is 3.26. The van der Waals surface area contributed by atoms with Gasteiger partial charge in [0.1, 0.15) is 0 Å². The summed E-state index contributed by atoms with van der Waals surface area (Å²) in [6.07, 6.45) is 71.7. The van der Waals surface area contributed by atoms with Crippen molar-refractivity contribution in [1.29, 1.82) is 0 Å². The molecule has 360 valence electrons. The van der Waals surface area contributed by atoms with Crippen molar-refractivity contribution in [2.75, 3.05) is 6.61 Å². The summed E-state index contributed by atoms with van der Waals surface area (Å²) in [7, 11) is 0. The molecule has 0 aromatic rings. The standard InChI is InChI=1S/C57H109NO3/c1-3-5-7-9-11-13-15-17-19-21-22-23-24-25-26-27-28-29-30-31-32-33-34-35-36-37-39-41-43-45-47-49-51-53-57(61)58-55(54-59)56(60)52-50-48-46-44-42-40-38-20-18-16-14-12-10-8-6-4-2/h25-26,42,44,50,52,55-56,59-60H,3-24,27-41,43,45-49,51,53-54H2,1-2H3,(H,58,61)/b26-25-,44-42+,52-50+. The van der Waals surface area contributed by atoms with E-state index in [1.165, 1.54) is 250 Å². The maximum atomic E-state index is 12.4. The van der Waals surface area contributed by atoms with Crippen LogP contribution in [0.3, 0.4) is 0 Å². The van der Waals surface area contributed by atoms with Crippen molar-refractivity contribution in [3.05, 3.63) is 36.5 Å². The Morgan fingerprint density at radius 2 is 0.639 bits per heavy atom. The van der Waals surface area contributed by atoms with Gasteiger partial charge in [0, 0.05) is 6.42 Å². The molecule has 0 bridgehead atoms. The molecule has 2 atom stereocenters. The minimum Gasteiger partial charge on any atom is -0.394 e. The maximum absolute atomic E-state index is 12.4.